The maximum atomic E-state index is 6.00. The molecule has 1 aliphatic rings. The Balaban J connectivity index is 2.03. The van der Waals surface area contributed by atoms with Crippen molar-refractivity contribution >= 4 is 28.9 Å². The van der Waals surface area contributed by atoms with Gasteiger partial charge in [0.2, 0.25) is 0 Å². The van der Waals surface area contributed by atoms with Gasteiger partial charge in [-0.2, -0.15) is 0 Å². The Bertz CT molecular complexity index is 411. The molecule has 2 rings (SSSR count). The molecule has 0 radical (unpaired) electrons. The summed E-state index contributed by atoms with van der Waals surface area (Å²) < 4.78 is 0. The molecule has 1 fully saturated rings. The van der Waals surface area contributed by atoms with E-state index in [2.05, 4.69) is 15.7 Å². The van der Waals surface area contributed by atoms with Crippen LogP contribution in [-0.2, 0) is 0 Å². The van der Waals surface area contributed by atoms with Crippen molar-refractivity contribution in [3.8, 4) is 12.3 Å². The van der Waals surface area contributed by atoms with Gasteiger partial charge in [-0.1, -0.05) is 29.1 Å². The summed E-state index contributed by atoms with van der Waals surface area (Å²) in [6.45, 7) is 4.60. The monoisotopic (exact) mass is 268 g/mol. The molecule has 0 saturated carbocycles. The average Bonchev–Trinajstić information content (AvgIpc) is 2.29. The molecule has 4 heteroatoms. The molecule has 0 atom stereocenters. The summed E-state index contributed by atoms with van der Waals surface area (Å²) in [5.74, 6) is 2.68. The van der Waals surface area contributed by atoms with E-state index in [9.17, 15) is 0 Å². The van der Waals surface area contributed by atoms with Gasteiger partial charge in [-0.25, -0.2) is 0 Å². The first-order valence-corrected chi connectivity index (χ1v) is 6.31. The Morgan fingerprint density at radius 2 is 1.65 bits per heavy atom. The highest BCUT2D eigenvalue weighted by Gasteiger charge is 2.16. The predicted octanol–water partition coefficient (Wildman–Crippen LogP) is 2.75. The lowest BCUT2D eigenvalue weighted by molar-refractivity contribution is 0.288. The maximum Gasteiger partial charge on any atom is 0.0600 e. The minimum absolute atomic E-state index is 0.679. The van der Waals surface area contributed by atoms with Crippen LogP contribution in [0.1, 0.15) is 0 Å². The molecule has 2 nitrogen and oxygen atoms in total. The largest absolute Gasteiger partial charge is 0.369 e. The minimum Gasteiger partial charge on any atom is -0.369 e. The van der Waals surface area contributed by atoms with E-state index in [1.54, 1.807) is 6.07 Å². The Morgan fingerprint density at radius 1 is 1.06 bits per heavy atom. The van der Waals surface area contributed by atoms with Crippen LogP contribution >= 0.6 is 23.2 Å². The molecule has 1 saturated heterocycles. The second-order valence-electron chi connectivity index (χ2n) is 4.09. The minimum atomic E-state index is 0.679. The van der Waals surface area contributed by atoms with Gasteiger partial charge in [0.15, 0.2) is 0 Å². The van der Waals surface area contributed by atoms with E-state index in [4.69, 9.17) is 29.6 Å². The highest BCUT2D eigenvalue weighted by atomic mass is 35.5. The number of hydrogen-bond acceptors (Lipinski definition) is 2. The smallest absolute Gasteiger partial charge is 0.0600 e. The molecule has 1 heterocycles. The van der Waals surface area contributed by atoms with Gasteiger partial charge in [0.25, 0.3) is 0 Å². The van der Waals surface area contributed by atoms with E-state index in [1.807, 2.05) is 12.1 Å². The summed E-state index contributed by atoms with van der Waals surface area (Å²) in [6.07, 6.45) is 5.30. The number of anilines is 1. The van der Waals surface area contributed by atoms with Crippen LogP contribution in [0.25, 0.3) is 0 Å². The SMILES string of the molecule is C#CCN1CCN(c2cc(Cl)cc(Cl)c2)CC1. The molecule has 0 unspecified atom stereocenters. The zero-order chi connectivity index (χ0) is 12.3. The number of rotatable bonds is 2. The van der Waals surface area contributed by atoms with E-state index in [1.165, 1.54) is 0 Å². The first-order chi connectivity index (χ1) is 8.19. The maximum absolute atomic E-state index is 6.00. The summed E-state index contributed by atoms with van der Waals surface area (Å²) in [5, 5.41) is 1.36. The van der Waals surface area contributed by atoms with Crippen LogP contribution in [0.2, 0.25) is 10.0 Å². The van der Waals surface area contributed by atoms with E-state index >= 15 is 0 Å². The number of piperazine rings is 1. The third kappa shape index (κ3) is 3.29. The fraction of sp³-hybridized carbons (Fsp3) is 0.385. The number of terminal acetylenes is 1. The summed E-state index contributed by atoms with van der Waals surface area (Å²) in [4.78, 5) is 4.55. The Hall–Kier alpha value is -0.880. The normalized spacial score (nSPS) is 16.9. The molecule has 0 amide bonds. The first kappa shape index (κ1) is 12.6. The van der Waals surface area contributed by atoms with Crippen LogP contribution in [0.5, 0.6) is 0 Å². The lowest BCUT2D eigenvalue weighted by Gasteiger charge is -2.35. The Labute approximate surface area is 112 Å². The van der Waals surface area contributed by atoms with Gasteiger partial charge < -0.3 is 4.90 Å². The Morgan fingerprint density at radius 3 is 2.18 bits per heavy atom. The summed E-state index contributed by atoms with van der Waals surface area (Å²) in [7, 11) is 0. The first-order valence-electron chi connectivity index (χ1n) is 5.56. The van der Waals surface area contributed by atoms with Gasteiger partial charge in [0.05, 0.1) is 6.54 Å². The van der Waals surface area contributed by atoms with Crippen molar-refractivity contribution in [3.05, 3.63) is 28.2 Å². The highest BCUT2D eigenvalue weighted by molar-refractivity contribution is 6.35. The van der Waals surface area contributed by atoms with Crippen LogP contribution in [0.15, 0.2) is 18.2 Å². The lowest BCUT2D eigenvalue weighted by atomic mass is 10.2. The lowest BCUT2D eigenvalue weighted by Crippen LogP contribution is -2.46. The molecule has 90 valence electrons. The third-order valence-electron chi connectivity index (χ3n) is 2.90. The average molecular weight is 269 g/mol. The van der Waals surface area contributed by atoms with Crippen LogP contribution in [0.4, 0.5) is 5.69 Å². The van der Waals surface area contributed by atoms with Crippen molar-refractivity contribution in [1.29, 1.82) is 0 Å². The van der Waals surface area contributed by atoms with Crippen molar-refractivity contribution in [2.75, 3.05) is 37.6 Å². The molecule has 0 N–H and O–H groups in total. The highest BCUT2D eigenvalue weighted by Crippen LogP contribution is 2.26. The van der Waals surface area contributed by atoms with E-state index in [0.717, 1.165) is 38.4 Å². The Kier molecular flexibility index (Phi) is 4.17. The van der Waals surface area contributed by atoms with E-state index < -0.39 is 0 Å². The predicted molar refractivity (Wildman–Crippen MR) is 73.9 cm³/mol. The molecule has 0 bridgehead atoms. The van der Waals surface area contributed by atoms with Crippen LogP contribution in [0, 0.1) is 12.3 Å². The van der Waals surface area contributed by atoms with Crippen molar-refractivity contribution in [1.82, 2.24) is 4.90 Å². The second kappa shape index (κ2) is 5.64. The standard InChI is InChI=1S/C13H14Cl2N2/c1-2-3-16-4-6-17(7-5-16)13-9-11(14)8-12(15)10-13/h1,8-10H,3-7H2. The molecule has 1 aromatic carbocycles. The molecule has 17 heavy (non-hydrogen) atoms. The molecule has 0 spiro atoms. The van der Waals surface area contributed by atoms with Gasteiger partial charge in [-0.05, 0) is 18.2 Å². The van der Waals surface area contributed by atoms with E-state index in [0.29, 0.717) is 10.0 Å². The quantitative estimate of drug-likeness (QED) is 0.762. The van der Waals surface area contributed by atoms with Gasteiger partial charge in [-0.3, -0.25) is 4.90 Å². The number of hydrogen-bond donors (Lipinski definition) is 0. The molecule has 0 aromatic heterocycles. The molecule has 0 aliphatic carbocycles. The fourth-order valence-electron chi connectivity index (χ4n) is 2.02. The van der Waals surface area contributed by atoms with Crippen molar-refractivity contribution < 1.29 is 0 Å². The zero-order valence-electron chi connectivity index (χ0n) is 9.50. The summed E-state index contributed by atoms with van der Waals surface area (Å²) in [6, 6.07) is 5.65. The van der Waals surface area contributed by atoms with Gasteiger partial charge in [-0.15, -0.1) is 6.42 Å². The number of benzene rings is 1. The van der Waals surface area contributed by atoms with Crippen molar-refractivity contribution in [2.45, 2.75) is 0 Å². The number of halogens is 2. The van der Waals surface area contributed by atoms with Gasteiger partial charge in [0, 0.05) is 41.9 Å². The van der Waals surface area contributed by atoms with E-state index in [-0.39, 0.29) is 0 Å². The molecule has 1 aliphatic heterocycles. The van der Waals surface area contributed by atoms with Crippen molar-refractivity contribution in [3.63, 3.8) is 0 Å². The number of nitrogens with zero attached hydrogens (tertiary/aromatic N) is 2. The second-order valence-corrected chi connectivity index (χ2v) is 4.97. The third-order valence-corrected chi connectivity index (χ3v) is 3.34. The van der Waals surface area contributed by atoms with Crippen LogP contribution < -0.4 is 4.90 Å². The molecular formula is C13H14Cl2N2. The van der Waals surface area contributed by atoms with Crippen LogP contribution in [-0.4, -0.2) is 37.6 Å². The summed E-state index contributed by atoms with van der Waals surface area (Å²) in [5.41, 5.74) is 1.09. The van der Waals surface area contributed by atoms with Gasteiger partial charge in [0.1, 0.15) is 0 Å². The molecular weight excluding hydrogens is 255 g/mol. The molecule has 1 aromatic rings. The zero-order valence-corrected chi connectivity index (χ0v) is 11.0. The van der Waals surface area contributed by atoms with Crippen LogP contribution in [0.3, 0.4) is 0 Å². The van der Waals surface area contributed by atoms with Crippen molar-refractivity contribution in [2.24, 2.45) is 0 Å². The topological polar surface area (TPSA) is 6.48 Å². The fourth-order valence-corrected chi connectivity index (χ4v) is 2.53. The van der Waals surface area contributed by atoms with Gasteiger partial charge >= 0.3 is 0 Å². The summed E-state index contributed by atoms with van der Waals surface area (Å²) >= 11 is 12.0.